The number of methoxy groups -OCH3 is 1. The van der Waals surface area contributed by atoms with Crippen LogP contribution in [0.2, 0.25) is 5.02 Å². The van der Waals surface area contributed by atoms with Crippen molar-refractivity contribution in [2.45, 2.75) is 57.3 Å². The minimum Gasteiger partial charge on any atom is -0.492 e. The van der Waals surface area contributed by atoms with Gasteiger partial charge in [0.2, 0.25) is 0 Å². The van der Waals surface area contributed by atoms with Gasteiger partial charge in [-0.25, -0.2) is 0 Å². The third-order valence-corrected chi connectivity index (χ3v) is 5.56. The van der Waals surface area contributed by atoms with Gasteiger partial charge in [-0.05, 0) is 30.5 Å². The van der Waals surface area contributed by atoms with E-state index in [4.69, 9.17) is 25.8 Å². The normalized spacial score (nSPS) is 12.0. The second-order valence-electron chi connectivity index (χ2n) is 6.49. The van der Waals surface area contributed by atoms with E-state index in [1.165, 1.54) is 12.8 Å². The third kappa shape index (κ3) is 10.9. The van der Waals surface area contributed by atoms with Gasteiger partial charge in [0.25, 0.3) is 0 Å². The molecule has 0 heterocycles. The molecular weight excluding hydrogens is 384 g/mol. The van der Waals surface area contributed by atoms with Gasteiger partial charge in [0, 0.05) is 30.8 Å². The Morgan fingerprint density at radius 3 is 2.74 bits per heavy atom. The summed E-state index contributed by atoms with van der Waals surface area (Å²) in [7, 11) is 1.67. The molecule has 27 heavy (non-hydrogen) atoms. The Morgan fingerprint density at radius 2 is 2.04 bits per heavy atom. The Labute approximate surface area is 173 Å². The van der Waals surface area contributed by atoms with E-state index >= 15 is 0 Å². The number of hydrogen-bond donors (Lipinski definition) is 0. The fourth-order valence-corrected chi connectivity index (χ4v) is 3.53. The maximum Gasteiger partial charge on any atom is 0.306 e. The molecule has 0 N–H and O–H groups in total. The standard InChI is InChI=1S/C21H33ClO4S/c1-4-6-8-17(5-2)16-26-21(23)11-14-27-18-9-10-19(22)20(15-18)25-13-7-12-24-3/h9-10,15,17H,4-8,11-14,16H2,1-3H3. The first-order valence-corrected chi connectivity index (χ1v) is 11.2. The molecule has 1 unspecified atom stereocenters. The fraction of sp³-hybridized carbons (Fsp3) is 0.667. The number of carbonyl (C=O) groups excluding carboxylic acids is 1. The number of halogens is 1. The van der Waals surface area contributed by atoms with Crippen LogP contribution in [-0.4, -0.2) is 38.7 Å². The SMILES string of the molecule is CCCCC(CC)COC(=O)CCSc1ccc(Cl)c(OCCCOC)c1. The van der Waals surface area contributed by atoms with E-state index in [1.807, 2.05) is 18.2 Å². The van der Waals surface area contributed by atoms with E-state index in [0.29, 0.717) is 48.7 Å². The molecule has 0 fully saturated rings. The monoisotopic (exact) mass is 416 g/mol. The second-order valence-corrected chi connectivity index (χ2v) is 8.06. The highest BCUT2D eigenvalue weighted by atomic mass is 35.5. The van der Waals surface area contributed by atoms with Crippen molar-refractivity contribution in [3.63, 3.8) is 0 Å². The summed E-state index contributed by atoms with van der Waals surface area (Å²) in [5.41, 5.74) is 0. The first kappa shape index (κ1) is 24.1. The molecule has 1 rings (SSSR count). The van der Waals surface area contributed by atoms with Crippen LogP contribution in [0.15, 0.2) is 23.1 Å². The number of thioether (sulfide) groups is 1. The first-order chi connectivity index (χ1) is 13.1. The third-order valence-electron chi connectivity index (χ3n) is 4.25. The summed E-state index contributed by atoms with van der Waals surface area (Å²) >= 11 is 7.78. The summed E-state index contributed by atoms with van der Waals surface area (Å²) in [5.74, 6) is 1.70. The van der Waals surface area contributed by atoms with Gasteiger partial charge in [-0.2, -0.15) is 0 Å². The Kier molecular flexibility index (Phi) is 13.5. The van der Waals surface area contributed by atoms with Crippen LogP contribution >= 0.6 is 23.4 Å². The van der Waals surface area contributed by atoms with Crippen LogP contribution < -0.4 is 4.74 Å². The molecule has 0 spiro atoms. The van der Waals surface area contributed by atoms with Crippen LogP contribution in [-0.2, 0) is 14.3 Å². The van der Waals surface area contributed by atoms with Crippen LogP contribution in [0.1, 0.15) is 52.4 Å². The number of carbonyl (C=O) groups is 1. The van der Waals surface area contributed by atoms with E-state index in [0.717, 1.165) is 24.2 Å². The van der Waals surface area contributed by atoms with E-state index in [2.05, 4.69) is 13.8 Å². The van der Waals surface area contributed by atoms with E-state index < -0.39 is 0 Å². The minimum atomic E-state index is -0.123. The molecule has 0 aliphatic rings. The molecule has 0 saturated heterocycles. The summed E-state index contributed by atoms with van der Waals surface area (Å²) in [6, 6.07) is 5.69. The molecule has 154 valence electrons. The van der Waals surface area contributed by atoms with Crippen molar-refractivity contribution in [3.05, 3.63) is 23.2 Å². The predicted molar refractivity (Wildman–Crippen MR) is 113 cm³/mol. The average molecular weight is 417 g/mol. The number of unbranched alkanes of at least 4 members (excludes halogenated alkanes) is 1. The highest BCUT2D eigenvalue weighted by Crippen LogP contribution is 2.30. The lowest BCUT2D eigenvalue weighted by atomic mass is 10.0. The van der Waals surface area contributed by atoms with Gasteiger partial charge in [-0.1, -0.05) is 44.7 Å². The Balaban J connectivity index is 2.33. The lowest BCUT2D eigenvalue weighted by Crippen LogP contribution is -2.14. The number of benzene rings is 1. The molecule has 0 aliphatic carbocycles. The van der Waals surface area contributed by atoms with Gasteiger partial charge in [0.05, 0.1) is 24.7 Å². The minimum absolute atomic E-state index is 0.123. The van der Waals surface area contributed by atoms with Gasteiger partial charge in [0.1, 0.15) is 5.75 Å². The molecule has 1 aromatic carbocycles. The van der Waals surface area contributed by atoms with Crippen LogP contribution in [0.5, 0.6) is 5.75 Å². The molecule has 1 atom stereocenters. The zero-order valence-corrected chi connectivity index (χ0v) is 18.4. The summed E-state index contributed by atoms with van der Waals surface area (Å²) in [6.45, 7) is 6.10. The maximum atomic E-state index is 12.0. The topological polar surface area (TPSA) is 44.8 Å². The van der Waals surface area contributed by atoms with Gasteiger partial charge in [-0.3, -0.25) is 4.79 Å². The van der Waals surface area contributed by atoms with Gasteiger partial charge < -0.3 is 14.2 Å². The number of esters is 1. The van der Waals surface area contributed by atoms with Gasteiger partial charge >= 0.3 is 5.97 Å². The highest BCUT2D eigenvalue weighted by Gasteiger charge is 2.11. The predicted octanol–water partition coefficient (Wildman–Crippen LogP) is 6.00. The van der Waals surface area contributed by atoms with Crippen molar-refractivity contribution >= 4 is 29.3 Å². The van der Waals surface area contributed by atoms with E-state index in [9.17, 15) is 4.79 Å². The molecule has 0 amide bonds. The van der Waals surface area contributed by atoms with Crippen molar-refractivity contribution in [1.82, 2.24) is 0 Å². The molecule has 6 heteroatoms. The van der Waals surface area contributed by atoms with Crippen molar-refractivity contribution in [1.29, 1.82) is 0 Å². The van der Waals surface area contributed by atoms with Gasteiger partial charge in [0.15, 0.2) is 0 Å². The summed E-state index contributed by atoms with van der Waals surface area (Å²) in [4.78, 5) is 13.0. The number of ether oxygens (including phenoxy) is 3. The largest absolute Gasteiger partial charge is 0.492 e. The summed E-state index contributed by atoms with van der Waals surface area (Å²) < 4.78 is 16.1. The Hall–Kier alpha value is -0.910. The van der Waals surface area contributed by atoms with Crippen LogP contribution in [0, 0.1) is 5.92 Å². The second kappa shape index (κ2) is 15.1. The highest BCUT2D eigenvalue weighted by molar-refractivity contribution is 7.99. The average Bonchev–Trinajstić information content (AvgIpc) is 2.67. The van der Waals surface area contributed by atoms with Crippen LogP contribution in [0.4, 0.5) is 0 Å². The molecular formula is C21H33ClO4S. The van der Waals surface area contributed by atoms with Crippen molar-refractivity contribution in [2.75, 3.05) is 32.7 Å². The number of hydrogen-bond acceptors (Lipinski definition) is 5. The van der Waals surface area contributed by atoms with Crippen molar-refractivity contribution < 1.29 is 19.0 Å². The zero-order valence-electron chi connectivity index (χ0n) is 16.8. The molecule has 1 aromatic rings. The van der Waals surface area contributed by atoms with Crippen LogP contribution in [0.25, 0.3) is 0 Å². The molecule has 0 aromatic heterocycles. The maximum absolute atomic E-state index is 12.0. The summed E-state index contributed by atoms with van der Waals surface area (Å²) in [5, 5.41) is 0.592. The lowest BCUT2D eigenvalue weighted by Gasteiger charge is -2.14. The first-order valence-electron chi connectivity index (χ1n) is 9.80. The van der Waals surface area contributed by atoms with Crippen LogP contribution in [0.3, 0.4) is 0 Å². The Morgan fingerprint density at radius 1 is 1.22 bits per heavy atom. The molecule has 0 aliphatic heterocycles. The summed E-state index contributed by atoms with van der Waals surface area (Å²) in [6.07, 6.45) is 5.78. The smallest absolute Gasteiger partial charge is 0.306 e. The van der Waals surface area contributed by atoms with E-state index in [1.54, 1.807) is 18.9 Å². The fourth-order valence-electron chi connectivity index (χ4n) is 2.50. The van der Waals surface area contributed by atoms with Gasteiger partial charge in [-0.15, -0.1) is 11.8 Å². The molecule has 0 radical (unpaired) electrons. The zero-order chi connectivity index (χ0) is 19.9. The lowest BCUT2D eigenvalue weighted by molar-refractivity contribution is -0.144. The quantitative estimate of drug-likeness (QED) is 0.199. The Bertz CT molecular complexity index is 539. The molecule has 0 saturated carbocycles. The van der Waals surface area contributed by atoms with Crippen molar-refractivity contribution in [3.8, 4) is 5.75 Å². The molecule has 0 bridgehead atoms. The van der Waals surface area contributed by atoms with E-state index in [-0.39, 0.29) is 5.97 Å². The number of rotatable bonds is 15. The molecule has 4 nitrogen and oxygen atoms in total. The van der Waals surface area contributed by atoms with Crippen molar-refractivity contribution in [2.24, 2.45) is 5.92 Å².